The molecule has 0 unspecified atom stereocenters. The highest BCUT2D eigenvalue weighted by Crippen LogP contribution is 2.18. The van der Waals surface area contributed by atoms with Gasteiger partial charge in [-0.25, -0.2) is 17.9 Å². The number of aromatic carboxylic acids is 1. The summed E-state index contributed by atoms with van der Waals surface area (Å²) < 4.78 is 27.2. The summed E-state index contributed by atoms with van der Waals surface area (Å²) in [5.74, 6) is -1.17. The zero-order valence-corrected chi connectivity index (χ0v) is 13.6. The lowest BCUT2D eigenvalue weighted by molar-refractivity contribution is 0.0695. The quantitative estimate of drug-likeness (QED) is 0.723. The second-order valence-corrected chi connectivity index (χ2v) is 7.02. The van der Waals surface area contributed by atoms with Crippen LogP contribution in [-0.2, 0) is 16.6 Å². The first-order valence-corrected chi connectivity index (χ1v) is 8.39. The molecule has 1 aromatic carbocycles. The van der Waals surface area contributed by atoms with Crippen LogP contribution < -0.4 is 4.72 Å². The zero-order chi connectivity index (χ0) is 15.5. The maximum absolute atomic E-state index is 12.2. The van der Waals surface area contributed by atoms with Crippen molar-refractivity contribution in [3.63, 3.8) is 0 Å². The van der Waals surface area contributed by atoms with Gasteiger partial charge < -0.3 is 5.11 Å². The lowest BCUT2D eigenvalue weighted by Gasteiger charge is -2.08. The largest absolute Gasteiger partial charge is 0.478 e. The zero-order valence-electron chi connectivity index (χ0n) is 10.7. The van der Waals surface area contributed by atoms with Crippen molar-refractivity contribution in [2.24, 2.45) is 0 Å². The third kappa shape index (κ3) is 3.99. The van der Waals surface area contributed by atoms with Gasteiger partial charge in [-0.1, -0.05) is 6.07 Å². The van der Waals surface area contributed by atoms with Gasteiger partial charge in [-0.3, -0.25) is 4.98 Å². The summed E-state index contributed by atoms with van der Waals surface area (Å²) in [6.45, 7) is 0.0393. The molecular formula is C13H11IN2O4S. The number of halogens is 1. The van der Waals surface area contributed by atoms with Gasteiger partial charge in [-0.15, -0.1) is 0 Å². The SMILES string of the molecule is O=C(O)c1cc(S(=O)(=O)NCc2ccccn2)ccc1I. The molecule has 0 aliphatic rings. The molecule has 0 spiro atoms. The summed E-state index contributed by atoms with van der Waals surface area (Å²) in [5, 5.41) is 9.03. The summed E-state index contributed by atoms with van der Waals surface area (Å²) in [6, 6.07) is 9.15. The van der Waals surface area contributed by atoms with Gasteiger partial charge in [0.2, 0.25) is 10.0 Å². The molecule has 2 aromatic rings. The average Bonchev–Trinajstić information content (AvgIpc) is 2.46. The van der Waals surface area contributed by atoms with Crippen LogP contribution in [0, 0.1) is 3.57 Å². The van der Waals surface area contributed by atoms with Crippen LogP contribution in [0.1, 0.15) is 16.1 Å². The number of nitrogens with zero attached hydrogens (tertiary/aromatic N) is 1. The maximum atomic E-state index is 12.2. The number of nitrogens with one attached hydrogen (secondary N) is 1. The Labute approximate surface area is 135 Å². The van der Waals surface area contributed by atoms with Crippen LogP contribution in [0.25, 0.3) is 0 Å². The van der Waals surface area contributed by atoms with Gasteiger partial charge in [0.1, 0.15) is 0 Å². The van der Waals surface area contributed by atoms with Crippen LogP contribution in [0.5, 0.6) is 0 Å². The fourth-order valence-electron chi connectivity index (χ4n) is 1.59. The third-order valence-electron chi connectivity index (χ3n) is 2.65. The number of carboxylic acids is 1. The maximum Gasteiger partial charge on any atom is 0.336 e. The highest BCUT2D eigenvalue weighted by molar-refractivity contribution is 14.1. The Morgan fingerprint density at radius 1 is 1.29 bits per heavy atom. The molecule has 1 heterocycles. The number of hydrogen-bond acceptors (Lipinski definition) is 4. The van der Waals surface area contributed by atoms with Gasteiger partial charge in [0, 0.05) is 9.77 Å². The minimum atomic E-state index is -3.79. The van der Waals surface area contributed by atoms with Crippen molar-refractivity contribution in [2.75, 3.05) is 0 Å². The summed E-state index contributed by atoms with van der Waals surface area (Å²) >= 11 is 1.85. The van der Waals surface area contributed by atoms with Crippen molar-refractivity contribution >= 4 is 38.6 Å². The van der Waals surface area contributed by atoms with E-state index in [1.807, 2.05) is 22.6 Å². The number of hydrogen-bond donors (Lipinski definition) is 2. The molecule has 0 aliphatic heterocycles. The first kappa shape index (κ1) is 15.9. The van der Waals surface area contributed by atoms with Crippen molar-refractivity contribution in [1.82, 2.24) is 9.71 Å². The molecular weight excluding hydrogens is 407 g/mol. The number of benzene rings is 1. The number of carboxylic acid groups (broad SMARTS) is 1. The number of rotatable bonds is 5. The molecule has 0 bridgehead atoms. The van der Waals surface area contributed by atoms with E-state index < -0.39 is 16.0 Å². The Hall–Kier alpha value is -1.52. The number of aromatic nitrogens is 1. The lowest BCUT2D eigenvalue weighted by Crippen LogP contribution is -2.24. The van der Waals surface area contributed by atoms with Crippen LogP contribution in [-0.4, -0.2) is 24.5 Å². The highest BCUT2D eigenvalue weighted by Gasteiger charge is 2.18. The van der Waals surface area contributed by atoms with Gasteiger partial charge in [0.05, 0.1) is 22.7 Å². The van der Waals surface area contributed by atoms with E-state index in [0.29, 0.717) is 9.26 Å². The van der Waals surface area contributed by atoms with E-state index in [4.69, 9.17) is 5.11 Å². The minimum Gasteiger partial charge on any atom is -0.478 e. The van der Waals surface area contributed by atoms with Crippen molar-refractivity contribution in [3.8, 4) is 0 Å². The molecule has 0 fully saturated rings. The van der Waals surface area contributed by atoms with Crippen LogP contribution in [0.3, 0.4) is 0 Å². The van der Waals surface area contributed by atoms with Crippen LogP contribution in [0.4, 0.5) is 0 Å². The van der Waals surface area contributed by atoms with E-state index in [-0.39, 0.29) is 17.0 Å². The Balaban J connectivity index is 2.24. The second-order valence-electron chi connectivity index (χ2n) is 4.09. The van der Waals surface area contributed by atoms with E-state index in [1.54, 1.807) is 24.4 Å². The van der Waals surface area contributed by atoms with Gasteiger partial charge >= 0.3 is 5.97 Å². The summed E-state index contributed by atoms with van der Waals surface area (Å²) in [4.78, 5) is 15.0. The fourth-order valence-corrected chi connectivity index (χ4v) is 3.18. The predicted molar refractivity (Wildman–Crippen MR) is 84.4 cm³/mol. The van der Waals surface area contributed by atoms with Crippen LogP contribution in [0.15, 0.2) is 47.5 Å². The van der Waals surface area contributed by atoms with Crippen molar-refractivity contribution in [3.05, 3.63) is 57.4 Å². The summed E-state index contributed by atoms with van der Waals surface area (Å²) in [7, 11) is -3.79. The molecule has 6 nitrogen and oxygen atoms in total. The standard InChI is InChI=1S/C13H11IN2O4S/c14-12-5-4-10(7-11(12)13(17)18)21(19,20)16-8-9-3-1-2-6-15-9/h1-7,16H,8H2,(H,17,18). The van der Waals surface area contributed by atoms with Gasteiger partial charge in [0.25, 0.3) is 0 Å². The van der Waals surface area contributed by atoms with E-state index in [0.717, 1.165) is 6.07 Å². The normalized spacial score (nSPS) is 11.3. The molecule has 2 N–H and O–H groups in total. The molecule has 0 saturated heterocycles. The molecule has 2 rings (SSSR count). The Bertz CT molecular complexity index is 763. The smallest absolute Gasteiger partial charge is 0.336 e. The first-order chi connectivity index (χ1) is 9.90. The van der Waals surface area contributed by atoms with Crippen LogP contribution >= 0.6 is 22.6 Å². The molecule has 0 radical (unpaired) electrons. The van der Waals surface area contributed by atoms with Crippen LogP contribution in [0.2, 0.25) is 0 Å². The third-order valence-corrected chi connectivity index (χ3v) is 4.99. The molecule has 8 heteroatoms. The van der Waals surface area contributed by atoms with E-state index in [9.17, 15) is 13.2 Å². The minimum absolute atomic E-state index is 0.0393. The summed E-state index contributed by atoms with van der Waals surface area (Å²) in [6.07, 6.45) is 1.57. The number of pyridine rings is 1. The van der Waals surface area contributed by atoms with Gasteiger partial charge in [-0.05, 0) is 52.9 Å². The average molecular weight is 418 g/mol. The number of carbonyl (C=O) groups is 1. The van der Waals surface area contributed by atoms with E-state index in [1.165, 1.54) is 12.1 Å². The molecule has 0 atom stereocenters. The van der Waals surface area contributed by atoms with Gasteiger partial charge in [0.15, 0.2) is 0 Å². The first-order valence-electron chi connectivity index (χ1n) is 5.82. The highest BCUT2D eigenvalue weighted by atomic mass is 127. The van der Waals surface area contributed by atoms with E-state index >= 15 is 0 Å². The molecule has 0 aliphatic carbocycles. The van der Waals surface area contributed by atoms with Crippen molar-refractivity contribution < 1.29 is 18.3 Å². The Morgan fingerprint density at radius 3 is 2.67 bits per heavy atom. The Morgan fingerprint density at radius 2 is 2.05 bits per heavy atom. The molecule has 0 saturated carbocycles. The van der Waals surface area contributed by atoms with E-state index in [2.05, 4.69) is 9.71 Å². The molecule has 1 aromatic heterocycles. The lowest BCUT2D eigenvalue weighted by atomic mass is 10.2. The summed E-state index contributed by atoms with van der Waals surface area (Å²) in [5.41, 5.74) is 0.529. The molecule has 0 amide bonds. The predicted octanol–water partition coefficient (Wildman–Crippen LogP) is 1.86. The monoisotopic (exact) mass is 418 g/mol. The second kappa shape index (κ2) is 6.50. The molecule has 110 valence electrons. The number of sulfonamides is 1. The van der Waals surface area contributed by atoms with Gasteiger partial charge in [-0.2, -0.15) is 0 Å². The Kier molecular flexibility index (Phi) is 4.91. The molecule has 21 heavy (non-hydrogen) atoms. The topological polar surface area (TPSA) is 96.4 Å². The fraction of sp³-hybridized carbons (Fsp3) is 0.0769. The van der Waals surface area contributed by atoms with Crippen molar-refractivity contribution in [1.29, 1.82) is 0 Å². The van der Waals surface area contributed by atoms with Crippen molar-refractivity contribution in [2.45, 2.75) is 11.4 Å².